The number of carbonyl (C=O) groups is 1. The smallest absolute Gasteiger partial charge is 0.331 e. The molecule has 0 aromatic carbocycles. The van der Waals surface area contributed by atoms with Crippen LogP contribution < -0.4 is 10.9 Å². The lowest BCUT2D eigenvalue weighted by Gasteiger charge is -2.19. The number of carbonyl (C=O) groups excluding carboxylic acids is 1. The summed E-state index contributed by atoms with van der Waals surface area (Å²) in [7, 11) is 3.95. The van der Waals surface area contributed by atoms with Gasteiger partial charge in [-0.05, 0) is 32.9 Å². The highest BCUT2D eigenvalue weighted by molar-refractivity contribution is 7.10. The zero-order chi connectivity index (χ0) is 15.3. The SMILES string of the molecule is C[B]CC(C)Nc1ccc(C)n(C(C)C(=O)OP)c1=O. The summed E-state index contributed by atoms with van der Waals surface area (Å²) < 4.78 is 6.07. The molecule has 1 radical (unpaired) electrons. The Bertz CT molecular complexity index is 533. The summed E-state index contributed by atoms with van der Waals surface area (Å²) in [6.07, 6.45) is 0.858. The molecule has 7 heteroatoms. The molecule has 0 saturated heterocycles. The normalized spacial score (nSPS) is 13.4. The van der Waals surface area contributed by atoms with Crippen molar-refractivity contribution in [2.75, 3.05) is 5.32 Å². The molecule has 0 aliphatic heterocycles. The van der Waals surface area contributed by atoms with E-state index in [1.54, 1.807) is 19.9 Å². The molecule has 0 saturated carbocycles. The molecule has 0 bridgehead atoms. The van der Waals surface area contributed by atoms with Crippen LogP contribution in [0.1, 0.15) is 25.6 Å². The van der Waals surface area contributed by atoms with Gasteiger partial charge in [0.05, 0.1) is 9.47 Å². The third kappa shape index (κ3) is 3.86. The van der Waals surface area contributed by atoms with Gasteiger partial charge in [-0.25, -0.2) is 4.79 Å². The fourth-order valence-corrected chi connectivity index (χ4v) is 2.32. The van der Waals surface area contributed by atoms with Crippen LogP contribution in [0.15, 0.2) is 16.9 Å². The van der Waals surface area contributed by atoms with E-state index in [0.717, 1.165) is 12.0 Å². The summed E-state index contributed by atoms with van der Waals surface area (Å²) in [5.74, 6) is -0.465. The van der Waals surface area contributed by atoms with E-state index in [1.807, 2.05) is 36.6 Å². The summed E-state index contributed by atoms with van der Waals surface area (Å²) in [6.45, 7) is 7.42. The molecule has 1 heterocycles. The second-order valence-corrected chi connectivity index (χ2v) is 5.10. The van der Waals surface area contributed by atoms with Crippen molar-refractivity contribution in [3.05, 3.63) is 28.2 Å². The summed E-state index contributed by atoms with van der Waals surface area (Å²) in [4.78, 5) is 24.1. The molecule has 0 fully saturated rings. The van der Waals surface area contributed by atoms with Gasteiger partial charge in [0.25, 0.3) is 5.56 Å². The first-order chi connectivity index (χ1) is 9.42. The first kappa shape index (κ1) is 16.8. The largest absolute Gasteiger partial charge is 0.450 e. The average Bonchev–Trinajstić information content (AvgIpc) is 2.41. The minimum Gasteiger partial charge on any atom is -0.450 e. The van der Waals surface area contributed by atoms with E-state index in [9.17, 15) is 9.59 Å². The number of rotatable bonds is 6. The Morgan fingerprint density at radius 1 is 1.50 bits per heavy atom. The first-order valence-electron chi connectivity index (χ1n) is 6.59. The summed E-state index contributed by atoms with van der Waals surface area (Å²) >= 11 is 0. The predicted molar refractivity (Wildman–Crippen MR) is 85.5 cm³/mol. The number of hydrogen-bond acceptors (Lipinski definition) is 4. The van der Waals surface area contributed by atoms with Gasteiger partial charge in [-0.1, -0.05) is 13.1 Å². The predicted octanol–water partition coefficient (Wildman–Crippen LogP) is 2.02. The van der Waals surface area contributed by atoms with Gasteiger partial charge in [0.2, 0.25) is 0 Å². The molecule has 0 amide bonds. The van der Waals surface area contributed by atoms with Gasteiger partial charge in [-0.15, -0.1) is 0 Å². The summed E-state index contributed by atoms with van der Waals surface area (Å²) in [6, 6.07) is 3.07. The fraction of sp³-hybridized carbons (Fsp3) is 0.538. The first-order valence-corrected chi connectivity index (χ1v) is 7.06. The molecule has 0 spiro atoms. The maximum Gasteiger partial charge on any atom is 0.331 e. The van der Waals surface area contributed by atoms with Crippen molar-refractivity contribution in [1.29, 1.82) is 0 Å². The van der Waals surface area contributed by atoms with Gasteiger partial charge >= 0.3 is 5.97 Å². The van der Waals surface area contributed by atoms with E-state index >= 15 is 0 Å². The van der Waals surface area contributed by atoms with E-state index in [0.29, 0.717) is 5.69 Å². The molecular weight excluding hydrogens is 274 g/mol. The second kappa shape index (κ2) is 7.48. The third-order valence-corrected chi connectivity index (χ3v) is 3.39. The van der Waals surface area contributed by atoms with Crippen LogP contribution in [0, 0.1) is 6.92 Å². The van der Waals surface area contributed by atoms with Crippen molar-refractivity contribution in [1.82, 2.24) is 4.57 Å². The Hall–Kier alpha value is -1.29. The van der Waals surface area contributed by atoms with Gasteiger partial charge in [-0.3, -0.25) is 9.36 Å². The molecule has 1 rings (SSSR count). The highest BCUT2D eigenvalue weighted by Crippen LogP contribution is 2.13. The molecule has 3 unspecified atom stereocenters. The number of pyridine rings is 1. The van der Waals surface area contributed by atoms with Crippen LogP contribution in [-0.4, -0.2) is 23.9 Å². The van der Waals surface area contributed by atoms with Gasteiger partial charge in [0.1, 0.15) is 19.0 Å². The van der Waals surface area contributed by atoms with E-state index in [2.05, 4.69) is 9.84 Å². The number of nitrogens with zero attached hydrogens (tertiary/aromatic N) is 1. The number of aryl methyl sites for hydroxylation is 1. The van der Waals surface area contributed by atoms with Gasteiger partial charge < -0.3 is 9.84 Å². The molecule has 5 nitrogen and oxygen atoms in total. The van der Waals surface area contributed by atoms with E-state index < -0.39 is 12.0 Å². The molecule has 20 heavy (non-hydrogen) atoms. The molecule has 1 N–H and O–H groups in total. The Morgan fingerprint density at radius 3 is 2.70 bits per heavy atom. The highest BCUT2D eigenvalue weighted by Gasteiger charge is 2.20. The van der Waals surface area contributed by atoms with Crippen LogP contribution in [0.25, 0.3) is 0 Å². The maximum atomic E-state index is 12.5. The zero-order valence-corrected chi connectivity index (χ0v) is 13.5. The summed E-state index contributed by atoms with van der Waals surface area (Å²) in [5.41, 5.74) is 1.00. The van der Waals surface area contributed by atoms with E-state index in [4.69, 9.17) is 0 Å². The molecule has 109 valence electrons. The van der Waals surface area contributed by atoms with Gasteiger partial charge in [-0.2, -0.15) is 0 Å². The van der Waals surface area contributed by atoms with Crippen LogP contribution >= 0.6 is 9.47 Å². The standard InChI is InChI=1S/C13H21BN2O3P/c1-8(7-14-4)15-11-6-5-9(2)16(12(11)17)10(3)13(18)19-20/h5-6,8,10,15H,7,20H2,1-4H3. The molecule has 3 atom stereocenters. The fourth-order valence-electron chi connectivity index (χ4n) is 2.12. The Morgan fingerprint density at radius 2 is 2.15 bits per heavy atom. The van der Waals surface area contributed by atoms with Crippen molar-refractivity contribution in [2.45, 2.75) is 46.0 Å². The number of anilines is 1. The molecular formula is C13H21BN2O3P. The van der Waals surface area contributed by atoms with Gasteiger partial charge in [0, 0.05) is 11.7 Å². The Labute approximate surface area is 122 Å². The zero-order valence-electron chi connectivity index (χ0n) is 12.3. The lowest BCUT2D eigenvalue weighted by molar-refractivity contribution is -0.136. The minimum atomic E-state index is -0.658. The quantitative estimate of drug-likeness (QED) is 0.644. The maximum absolute atomic E-state index is 12.5. The monoisotopic (exact) mass is 295 g/mol. The van der Waals surface area contributed by atoms with Crippen LogP contribution in [0.4, 0.5) is 5.69 Å². The van der Waals surface area contributed by atoms with E-state index in [-0.39, 0.29) is 11.6 Å². The topological polar surface area (TPSA) is 60.3 Å². The van der Waals surface area contributed by atoms with E-state index in [1.165, 1.54) is 4.57 Å². The third-order valence-electron chi connectivity index (χ3n) is 3.16. The van der Waals surface area contributed by atoms with Crippen molar-refractivity contribution >= 4 is 28.4 Å². The minimum absolute atomic E-state index is 0.160. The molecule has 0 aliphatic carbocycles. The number of hydrogen-bond donors (Lipinski definition) is 1. The van der Waals surface area contributed by atoms with Gasteiger partial charge in [0.15, 0.2) is 0 Å². The number of nitrogens with one attached hydrogen (secondary N) is 1. The lowest BCUT2D eigenvalue weighted by Crippen LogP contribution is -2.33. The molecule has 1 aromatic rings. The second-order valence-electron chi connectivity index (χ2n) is 4.87. The van der Waals surface area contributed by atoms with Crippen LogP contribution in [-0.2, 0) is 9.32 Å². The van der Waals surface area contributed by atoms with Crippen molar-refractivity contribution in [3.63, 3.8) is 0 Å². The van der Waals surface area contributed by atoms with Crippen molar-refractivity contribution < 1.29 is 9.32 Å². The Balaban J connectivity index is 3.13. The van der Waals surface area contributed by atoms with Crippen LogP contribution in [0.3, 0.4) is 0 Å². The Kier molecular flexibility index (Phi) is 6.28. The van der Waals surface area contributed by atoms with Crippen LogP contribution in [0.5, 0.6) is 0 Å². The molecule has 0 aliphatic rings. The van der Waals surface area contributed by atoms with Crippen LogP contribution in [0.2, 0.25) is 13.1 Å². The highest BCUT2D eigenvalue weighted by atomic mass is 31.0. The van der Waals surface area contributed by atoms with Crippen molar-refractivity contribution in [2.24, 2.45) is 0 Å². The molecule has 1 aromatic heterocycles. The van der Waals surface area contributed by atoms with Crippen molar-refractivity contribution in [3.8, 4) is 0 Å². The summed E-state index contributed by atoms with van der Waals surface area (Å²) in [5, 5.41) is 3.17. The number of aromatic nitrogens is 1. The average molecular weight is 295 g/mol. The lowest BCUT2D eigenvalue weighted by atomic mass is 9.75.